The second-order valence-electron chi connectivity index (χ2n) is 7.07. The van der Waals surface area contributed by atoms with Crippen LogP contribution < -0.4 is 15.5 Å². The summed E-state index contributed by atoms with van der Waals surface area (Å²) < 4.78 is 4.98. The average Bonchev–Trinajstić information content (AvgIpc) is 3.13. The van der Waals surface area contributed by atoms with Crippen LogP contribution in [0.5, 0.6) is 0 Å². The number of aromatic nitrogens is 1. The molecular formula is C20H23N5O5S2. The Morgan fingerprint density at radius 1 is 1.31 bits per heavy atom. The lowest BCUT2D eigenvalue weighted by Gasteiger charge is -2.28. The number of rotatable bonds is 6. The van der Waals surface area contributed by atoms with Gasteiger partial charge in [-0.05, 0) is 57.5 Å². The Morgan fingerprint density at radius 2 is 2.03 bits per heavy atom. The third-order valence-corrected chi connectivity index (χ3v) is 6.09. The van der Waals surface area contributed by atoms with Crippen LogP contribution in [0.2, 0.25) is 0 Å². The largest absolute Gasteiger partial charge is 0.462 e. The molecule has 0 atom stereocenters. The number of thiazole rings is 1. The summed E-state index contributed by atoms with van der Waals surface area (Å²) in [4.78, 5) is 42.2. The zero-order chi connectivity index (χ0) is 23.3. The number of nitrogens with one attached hydrogen (secondary N) is 2. The van der Waals surface area contributed by atoms with E-state index in [1.54, 1.807) is 26.0 Å². The number of carbonyl (C=O) groups is 2. The smallest absolute Gasteiger partial charge is 0.350 e. The lowest BCUT2D eigenvalue weighted by atomic mass is 10.1. The number of hydrogen-bond acceptors (Lipinski definition) is 9. The van der Waals surface area contributed by atoms with Gasteiger partial charge in [0.2, 0.25) is 0 Å². The van der Waals surface area contributed by atoms with Crippen LogP contribution in [0.15, 0.2) is 18.2 Å². The van der Waals surface area contributed by atoms with Crippen molar-refractivity contribution in [3.63, 3.8) is 0 Å². The van der Waals surface area contributed by atoms with E-state index in [0.717, 1.165) is 43.7 Å². The molecule has 0 bridgehead atoms. The van der Waals surface area contributed by atoms with Gasteiger partial charge in [0.25, 0.3) is 11.6 Å². The standard InChI is InChI=1S/C20H23N5O5S2/c1-3-30-18(27)16-12(2)21-20(32-16)23-19(31)22-17(26)13-7-8-14(15(11-13)25(28)29)24-9-5-4-6-10-24/h7-8,11H,3-6,9-10H2,1-2H3,(H2,21,22,23,26,31). The highest BCUT2D eigenvalue weighted by atomic mass is 32.1. The number of esters is 1. The number of thiocarbonyl (C=S) groups is 1. The topological polar surface area (TPSA) is 127 Å². The molecule has 0 unspecified atom stereocenters. The van der Waals surface area contributed by atoms with Gasteiger partial charge in [-0.3, -0.25) is 20.2 Å². The molecule has 10 nitrogen and oxygen atoms in total. The fourth-order valence-corrected chi connectivity index (χ4v) is 4.47. The molecule has 1 saturated heterocycles. The van der Waals surface area contributed by atoms with Crippen molar-refractivity contribution in [3.05, 3.63) is 44.4 Å². The molecule has 12 heteroatoms. The van der Waals surface area contributed by atoms with E-state index in [4.69, 9.17) is 17.0 Å². The van der Waals surface area contributed by atoms with E-state index in [1.165, 1.54) is 6.07 Å². The molecule has 2 aromatic rings. The Bertz CT molecular complexity index is 1050. The van der Waals surface area contributed by atoms with Crippen LogP contribution in [-0.4, -0.2) is 46.6 Å². The first-order valence-corrected chi connectivity index (χ1v) is 11.3. The van der Waals surface area contributed by atoms with E-state index in [2.05, 4.69) is 15.6 Å². The van der Waals surface area contributed by atoms with Crippen LogP contribution in [0.1, 0.15) is 51.9 Å². The van der Waals surface area contributed by atoms with Crippen LogP contribution >= 0.6 is 23.6 Å². The van der Waals surface area contributed by atoms with Crippen LogP contribution in [0.3, 0.4) is 0 Å². The summed E-state index contributed by atoms with van der Waals surface area (Å²) in [6, 6.07) is 4.40. The Balaban J connectivity index is 1.69. The maximum absolute atomic E-state index is 12.6. The van der Waals surface area contributed by atoms with E-state index in [9.17, 15) is 19.7 Å². The Kier molecular flexibility index (Phi) is 7.70. The zero-order valence-electron chi connectivity index (χ0n) is 17.7. The summed E-state index contributed by atoms with van der Waals surface area (Å²) in [5, 5.41) is 17.1. The Labute approximate surface area is 194 Å². The molecule has 1 aliphatic rings. The van der Waals surface area contributed by atoms with Gasteiger partial charge in [0.1, 0.15) is 10.6 Å². The number of amides is 1. The fourth-order valence-electron chi connectivity index (χ4n) is 3.35. The molecule has 2 N–H and O–H groups in total. The summed E-state index contributed by atoms with van der Waals surface area (Å²) in [6.45, 7) is 5.12. The molecule has 0 aliphatic carbocycles. The Hall–Kier alpha value is -3.12. The molecule has 170 valence electrons. The van der Waals surface area contributed by atoms with E-state index in [0.29, 0.717) is 21.4 Å². The second kappa shape index (κ2) is 10.5. The molecule has 1 aliphatic heterocycles. The molecule has 1 aromatic carbocycles. The molecule has 1 aromatic heterocycles. The molecule has 0 saturated carbocycles. The van der Waals surface area contributed by atoms with Gasteiger partial charge >= 0.3 is 5.97 Å². The molecule has 3 rings (SSSR count). The van der Waals surface area contributed by atoms with E-state index in [-0.39, 0.29) is 23.0 Å². The molecule has 2 heterocycles. The molecule has 0 spiro atoms. The minimum atomic E-state index is -0.588. The lowest BCUT2D eigenvalue weighted by molar-refractivity contribution is -0.384. The van der Waals surface area contributed by atoms with Crippen LogP contribution in [0.25, 0.3) is 0 Å². The van der Waals surface area contributed by atoms with Crippen LogP contribution in [-0.2, 0) is 4.74 Å². The number of carbonyl (C=O) groups excluding carboxylic acids is 2. The highest BCUT2D eigenvalue weighted by Crippen LogP contribution is 2.31. The third-order valence-electron chi connectivity index (χ3n) is 4.84. The molecule has 32 heavy (non-hydrogen) atoms. The minimum Gasteiger partial charge on any atom is -0.462 e. The second-order valence-corrected chi connectivity index (χ2v) is 8.48. The van der Waals surface area contributed by atoms with Crippen molar-refractivity contribution >= 4 is 57.0 Å². The first-order chi connectivity index (χ1) is 15.3. The maximum Gasteiger partial charge on any atom is 0.350 e. The first kappa shape index (κ1) is 23.5. The quantitative estimate of drug-likeness (QED) is 0.277. The monoisotopic (exact) mass is 477 g/mol. The lowest BCUT2D eigenvalue weighted by Crippen LogP contribution is -2.34. The summed E-state index contributed by atoms with van der Waals surface area (Å²) in [5.74, 6) is -1.07. The van der Waals surface area contributed by atoms with E-state index in [1.807, 2.05) is 4.90 Å². The zero-order valence-corrected chi connectivity index (χ0v) is 19.3. The Morgan fingerprint density at radius 3 is 2.69 bits per heavy atom. The average molecular weight is 478 g/mol. The number of nitro benzene ring substituents is 1. The van der Waals surface area contributed by atoms with Crippen molar-refractivity contribution < 1.29 is 19.2 Å². The molecule has 1 amide bonds. The summed E-state index contributed by atoms with van der Waals surface area (Å²) in [5.41, 5.74) is 0.989. The fraction of sp³-hybridized carbons (Fsp3) is 0.400. The number of ether oxygens (including phenoxy) is 1. The van der Waals surface area contributed by atoms with Crippen molar-refractivity contribution in [2.45, 2.75) is 33.1 Å². The van der Waals surface area contributed by atoms with Gasteiger partial charge in [-0.1, -0.05) is 11.3 Å². The highest BCUT2D eigenvalue weighted by Gasteiger charge is 2.24. The first-order valence-electron chi connectivity index (χ1n) is 10.1. The van der Waals surface area contributed by atoms with E-state index >= 15 is 0 Å². The highest BCUT2D eigenvalue weighted by molar-refractivity contribution is 7.80. The SMILES string of the molecule is CCOC(=O)c1sc(NC(=S)NC(=O)c2ccc(N3CCCCC3)c([N+](=O)[O-])c2)nc1C. The minimum absolute atomic E-state index is 0.0399. The van der Waals surface area contributed by atoms with Crippen molar-refractivity contribution in [3.8, 4) is 0 Å². The third kappa shape index (κ3) is 5.56. The van der Waals surface area contributed by atoms with Crippen molar-refractivity contribution in [1.29, 1.82) is 0 Å². The van der Waals surface area contributed by atoms with E-state index < -0.39 is 16.8 Å². The number of hydrogen-bond donors (Lipinski definition) is 2. The van der Waals surface area contributed by atoms with Crippen molar-refractivity contribution in [2.24, 2.45) is 0 Å². The van der Waals surface area contributed by atoms with Gasteiger partial charge in [-0.2, -0.15) is 0 Å². The maximum atomic E-state index is 12.6. The molecular weight excluding hydrogens is 454 g/mol. The summed E-state index contributed by atoms with van der Waals surface area (Å²) >= 11 is 6.21. The van der Waals surface area contributed by atoms with Gasteiger partial charge in [-0.15, -0.1) is 0 Å². The van der Waals surface area contributed by atoms with Gasteiger partial charge in [0, 0.05) is 24.7 Å². The summed E-state index contributed by atoms with van der Waals surface area (Å²) in [6.07, 6.45) is 3.07. The predicted molar refractivity (Wildman–Crippen MR) is 126 cm³/mol. The number of anilines is 2. The number of nitrogens with zero attached hydrogens (tertiary/aromatic N) is 3. The van der Waals surface area contributed by atoms with Gasteiger partial charge < -0.3 is 15.0 Å². The molecule has 1 fully saturated rings. The number of piperidine rings is 1. The van der Waals surface area contributed by atoms with Gasteiger partial charge in [0.05, 0.1) is 17.2 Å². The van der Waals surface area contributed by atoms with Gasteiger partial charge in [0.15, 0.2) is 10.2 Å². The van der Waals surface area contributed by atoms with Gasteiger partial charge in [-0.25, -0.2) is 9.78 Å². The van der Waals surface area contributed by atoms with Crippen LogP contribution in [0, 0.1) is 17.0 Å². The number of nitro groups is 1. The van der Waals surface area contributed by atoms with Crippen LogP contribution in [0.4, 0.5) is 16.5 Å². The predicted octanol–water partition coefficient (Wildman–Crippen LogP) is 3.65. The number of aryl methyl sites for hydroxylation is 1. The van der Waals surface area contributed by atoms with Crippen molar-refractivity contribution in [1.82, 2.24) is 10.3 Å². The van der Waals surface area contributed by atoms with Crippen molar-refractivity contribution in [2.75, 3.05) is 29.9 Å². The number of benzene rings is 1. The normalized spacial score (nSPS) is 13.4. The molecule has 0 radical (unpaired) electrons. The summed E-state index contributed by atoms with van der Waals surface area (Å²) in [7, 11) is 0.